The second kappa shape index (κ2) is 6.68. The summed E-state index contributed by atoms with van der Waals surface area (Å²) in [6.45, 7) is 0. The molecule has 2 heteroatoms. The van der Waals surface area contributed by atoms with Crippen LogP contribution in [0, 0.1) is 9.89 Å². The quantitative estimate of drug-likeness (QED) is 0.486. The van der Waals surface area contributed by atoms with Gasteiger partial charge in [-0.25, -0.2) is 0 Å². The summed E-state index contributed by atoms with van der Waals surface area (Å²) in [6.07, 6.45) is 0. The Balaban J connectivity index is 1.82. The molecule has 0 bridgehead atoms. The molecule has 0 aliphatic rings. The average Bonchev–Trinajstić information content (AvgIpc) is 2.55. The SMILES string of the molecule is COc1ccc2cc(C#C[Te]c3ccccc3)ccc2c1. The molecule has 0 unspecified atom stereocenters. The Morgan fingerprint density at radius 1 is 0.857 bits per heavy atom. The molecule has 0 radical (unpaired) electrons. The van der Waals surface area contributed by atoms with E-state index in [-0.39, 0.29) is 0 Å². The standard InChI is InChI=1S/C19H14OTe/c1-20-18-10-9-16-13-15(7-8-17(16)14-18)11-12-21-19-5-3-2-4-6-19/h2-10,13-14H,1H3. The van der Waals surface area contributed by atoms with Gasteiger partial charge in [0.05, 0.1) is 0 Å². The van der Waals surface area contributed by atoms with E-state index in [9.17, 15) is 0 Å². The first kappa shape index (κ1) is 14.0. The molecule has 0 aromatic heterocycles. The van der Waals surface area contributed by atoms with E-state index in [1.54, 1.807) is 7.11 Å². The number of hydrogen-bond acceptors (Lipinski definition) is 1. The fourth-order valence-electron chi connectivity index (χ4n) is 2.06. The molecule has 0 heterocycles. The van der Waals surface area contributed by atoms with Crippen LogP contribution >= 0.6 is 0 Å². The first-order chi connectivity index (χ1) is 10.3. The van der Waals surface area contributed by atoms with Crippen LogP contribution in [0.1, 0.15) is 5.56 Å². The summed E-state index contributed by atoms with van der Waals surface area (Å²) in [4.78, 5) is 0. The Labute approximate surface area is 135 Å². The molecular weight excluding hydrogens is 372 g/mol. The zero-order valence-corrected chi connectivity index (χ0v) is 14.0. The molecule has 1 nitrogen and oxygen atoms in total. The molecule has 3 rings (SSSR count). The molecule has 3 aromatic carbocycles. The van der Waals surface area contributed by atoms with Crippen molar-refractivity contribution in [2.45, 2.75) is 0 Å². The van der Waals surface area contributed by atoms with E-state index in [4.69, 9.17) is 4.74 Å². The molecule has 21 heavy (non-hydrogen) atoms. The van der Waals surface area contributed by atoms with Crippen LogP contribution in [0.4, 0.5) is 0 Å². The van der Waals surface area contributed by atoms with Gasteiger partial charge in [-0.05, 0) is 0 Å². The first-order valence-electron chi connectivity index (χ1n) is 6.66. The summed E-state index contributed by atoms with van der Waals surface area (Å²) >= 11 is -0.416. The van der Waals surface area contributed by atoms with Crippen LogP contribution in [0.25, 0.3) is 10.8 Å². The topological polar surface area (TPSA) is 9.23 Å². The predicted octanol–water partition coefficient (Wildman–Crippen LogP) is 3.19. The zero-order chi connectivity index (χ0) is 14.5. The van der Waals surface area contributed by atoms with Crippen molar-refractivity contribution in [1.29, 1.82) is 0 Å². The Morgan fingerprint density at radius 3 is 2.43 bits per heavy atom. The van der Waals surface area contributed by atoms with Crippen molar-refractivity contribution in [3.63, 3.8) is 0 Å². The minimum absolute atomic E-state index is 0.416. The molecule has 0 N–H and O–H groups in total. The second-order valence-corrected chi connectivity index (χ2v) is 7.08. The third-order valence-electron chi connectivity index (χ3n) is 3.15. The fraction of sp³-hybridized carbons (Fsp3) is 0.0526. The van der Waals surface area contributed by atoms with Crippen LogP contribution in [0.5, 0.6) is 5.75 Å². The molecular formula is C19H14OTe. The van der Waals surface area contributed by atoms with Gasteiger partial charge in [-0.15, -0.1) is 0 Å². The van der Waals surface area contributed by atoms with Crippen molar-refractivity contribution in [1.82, 2.24) is 0 Å². The van der Waals surface area contributed by atoms with E-state index in [0.29, 0.717) is 0 Å². The van der Waals surface area contributed by atoms with Gasteiger partial charge in [-0.2, -0.15) is 0 Å². The van der Waals surface area contributed by atoms with E-state index >= 15 is 0 Å². The maximum absolute atomic E-state index is 5.24. The van der Waals surface area contributed by atoms with Gasteiger partial charge in [0.15, 0.2) is 0 Å². The number of fused-ring (bicyclic) bond motifs is 1. The Morgan fingerprint density at radius 2 is 1.62 bits per heavy atom. The van der Waals surface area contributed by atoms with Crippen LogP contribution in [0.15, 0.2) is 66.7 Å². The number of benzene rings is 3. The van der Waals surface area contributed by atoms with E-state index in [1.807, 2.05) is 18.2 Å². The van der Waals surface area contributed by atoms with E-state index < -0.39 is 20.9 Å². The molecule has 0 aliphatic carbocycles. The maximum atomic E-state index is 5.24. The number of methoxy groups -OCH3 is 1. The minimum atomic E-state index is -0.416. The molecule has 3 aromatic rings. The summed E-state index contributed by atoms with van der Waals surface area (Å²) in [5, 5.41) is 2.38. The Kier molecular flexibility index (Phi) is 4.46. The molecule has 0 aliphatic heterocycles. The fourth-order valence-corrected chi connectivity index (χ4v) is 3.72. The summed E-state index contributed by atoms with van der Waals surface area (Å²) in [7, 11) is 1.69. The summed E-state index contributed by atoms with van der Waals surface area (Å²) in [6, 6.07) is 22.9. The zero-order valence-electron chi connectivity index (χ0n) is 11.7. The van der Waals surface area contributed by atoms with Gasteiger partial charge >= 0.3 is 135 Å². The van der Waals surface area contributed by atoms with Gasteiger partial charge in [-0.1, -0.05) is 0 Å². The third kappa shape index (κ3) is 3.59. The van der Waals surface area contributed by atoms with Crippen LogP contribution < -0.4 is 8.35 Å². The van der Waals surface area contributed by atoms with Crippen molar-refractivity contribution in [3.8, 4) is 15.6 Å². The molecule has 0 saturated heterocycles. The van der Waals surface area contributed by atoms with Crippen LogP contribution in [0.2, 0.25) is 0 Å². The van der Waals surface area contributed by atoms with Crippen LogP contribution in [0.3, 0.4) is 0 Å². The summed E-state index contributed by atoms with van der Waals surface area (Å²) in [5.74, 6) is 4.18. The Bertz CT molecular complexity index is 813. The van der Waals surface area contributed by atoms with Crippen LogP contribution in [-0.4, -0.2) is 28.0 Å². The van der Waals surface area contributed by atoms with Crippen molar-refractivity contribution in [3.05, 3.63) is 72.3 Å². The molecule has 0 spiro atoms. The van der Waals surface area contributed by atoms with Crippen molar-refractivity contribution >= 4 is 35.3 Å². The van der Waals surface area contributed by atoms with Crippen LogP contribution in [-0.2, 0) is 0 Å². The predicted molar refractivity (Wildman–Crippen MR) is 89.2 cm³/mol. The molecule has 0 fully saturated rings. The molecule has 0 amide bonds. The number of hydrogen-bond donors (Lipinski definition) is 0. The summed E-state index contributed by atoms with van der Waals surface area (Å²) in [5.41, 5.74) is 1.08. The van der Waals surface area contributed by atoms with E-state index in [2.05, 4.69) is 58.4 Å². The molecule has 0 atom stereocenters. The first-order valence-corrected chi connectivity index (χ1v) is 8.99. The normalized spacial score (nSPS) is 9.95. The number of ether oxygens (including phenoxy) is 1. The van der Waals surface area contributed by atoms with Crippen molar-refractivity contribution in [2.24, 2.45) is 0 Å². The average molecular weight is 386 g/mol. The van der Waals surface area contributed by atoms with Crippen molar-refractivity contribution in [2.75, 3.05) is 7.11 Å². The van der Waals surface area contributed by atoms with E-state index in [1.165, 1.54) is 14.4 Å². The van der Waals surface area contributed by atoms with Gasteiger partial charge in [0, 0.05) is 0 Å². The van der Waals surface area contributed by atoms with Crippen molar-refractivity contribution < 1.29 is 4.74 Å². The van der Waals surface area contributed by atoms with Gasteiger partial charge < -0.3 is 0 Å². The summed E-state index contributed by atoms with van der Waals surface area (Å²) < 4.78 is 9.98. The molecule has 102 valence electrons. The third-order valence-corrected chi connectivity index (χ3v) is 5.19. The monoisotopic (exact) mass is 388 g/mol. The van der Waals surface area contributed by atoms with Gasteiger partial charge in [0.2, 0.25) is 0 Å². The van der Waals surface area contributed by atoms with Gasteiger partial charge in [-0.3, -0.25) is 0 Å². The second-order valence-electron chi connectivity index (χ2n) is 4.57. The van der Waals surface area contributed by atoms with E-state index in [0.717, 1.165) is 11.3 Å². The van der Waals surface area contributed by atoms with Gasteiger partial charge in [0.25, 0.3) is 0 Å². The van der Waals surface area contributed by atoms with Gasteiger partial charge in [0.1, 0.15) is 0 Å². The number of rotatable bonds is 2. The molecule has 0 saturated carbocycles. The Hall–Kier alpha value is -1.93.